The molecule has 0 saturated carbocycles. The number of halogens is 1. The van der Waals surface area contributed by atoms with E-state index < -0.39 is 38.5 Å². The molecule has 2 rings (SSSR count). The van der Waals surface area contributed by atoms with Gasteiger partial charge in [0.2, 0.25) is 0 Å². The van der Waals surface area contributed by atoms with Crippen molar-refractivity contribution < 1.29 is 25.5 Å². The number of nitrogens with zero attached hydrogens (tertiary/aromatic N) is 1. The van der Waals surface area contributed by atoms with Gasteiger partial charge in [-0.15, -0.1) is 3.89 Å². The van der Waals surface area contributed by atoms with E-state index >= 15 is 0 Å². The van der Waals surface area contributed by atoms with Crippen molar-refractivity contribution in [2.75, 3.05) is 12.3 Å². The van der Waals surface area contributed by atoms with E-state index in [4.69, 9.17) is 0 Å². The van der Waals surface area contributed by atoms with Crippen LogP contribution in [0.2, 0.25) is 0 Å². The van der Waals surface area contributed by atoms with Crippen molar-refractivity contribution in [3.05, 3.63) is 29.8 Å². The summed E-state index contributed by atoms with van der Waals surface area (Å²) >= 11 is 0. The van der Waals surface area contributed by atoms with Crippen molar-refractivity contribution in [1.29, 1.82) is 0 Å². The fourth-order valence-corrected chi connectivity index (χ4v) is 3.73. The third-order valence-corrected chi connectivity index (χ3v) is 4.96. The van der Waals surface area contributed by atoms with Gasteiger partial charge >= 0.3 is 10.2 Å². The molecule has 0 bridgehead atoms. The van der Waals surface area contributed by atoms with Gasteiger partial charge in [-0.25, -0.2) is 12.7 Å². The highest BCUT2D eigenvalue weighted by Crippen LogP contribution is 2.29. The van der Waals surface area contributed by atoms with Gasteiger partial charge in [-0.2, -0.15) is 8.42 Å². The first kappa shape index (κ1) is 13.0. The standard InChI is InChI=1S/C9H8FNO5S2/c10-17(13,14)6-5-11-9(12)7-3-1-2-4-8(7)18(11,15)16/h1-4H,5-6H2. The van der Waals surface area contributed by atoms with Crippen LogP contribution < -0.4 is 0 Å². The molecule has 0 radical (unpaired) electrons. The zero-order chi connectivity index (χ0) is 13.6. The summed E-state index contributed by atoms with van der Waals surface area (Å²) in [5.74, 6) is -1.89. The number of carbonyl (C=O) groups is 1. The second-order valence-electron chi connectivity index (χ2n) is 3.62. The van der Waals surface area contributed by atoms with Gasteiger partial charge < -0.3 is 0 Å². The van der Waals surface area contributed by atoms with E-state index in [1.54, 1.807) is 0 Å². The lowest BCUT2D eigenvalue weighted by Gasteiger charge is -2.13. The predicted octanol–water partition coefficient (Wildman–Crippen LogP) is 0.130. The molecule has 6 nitrogen and oxygen atoms in total. The monoisotopic (exact) mass is 293 g/mol. The Balaban J connectivity index is 2.40. The van der Waals surface area contributed by atoms with Gasteiger partial charge in [0.15, 0.2) is 0 Å². The molecule has 0 atom stereocenters. The predicted molar refractivity (Wildman–Crippen MR) is 59.6 cm³/mol. The first-order valence-corrected chi connectivity index (χ1v) is 7.81. The van der Waals surface area contributed by atoms with Crippen LogP contribution in [0.15, 0.2) is 29.2 Å². The second kappa shape index (κ2) is 4.02. The van der Waals surface area contributed by atoms with E-state index in [-0.39, 0.29) is 10.5 Å². The van der Waals surface area contributed by atoms with E-state index in [0.29, 0.717) is 4.31 Å². The number of sulfonamides is 1. The Morgan fingerprint density at radius 3 is 2.39 bits per heavy atom. The van der Waals surface area contributed by atoms with Crippen molar-refractivity contribution in [2.24, 2.45) is 0 Å². The Morgan fingerprint density at radius 1 is 1.22 bits per heavy atom. The summed E-state index contributed by atoms with van der Waals surface area (Å²) in [6.45, 7) is -0.728. The molecule has 0 saturated heterocycles. The molecule has 1 aromatic rings. The van der Waals surface area contributed by atoms with Crippen LogP contribution in [-0.4, -0.2) is 39.3 Å². The summed E-state index contributed by atoms with van der Waals surface area (Å²) in [6, 6.07) is 5.49. The average Bonchev–Trinajstić information content (AvgIpc) is 2.45. The normalized spacial score (nSPS) is 17.8. The maximum absolute atomic E-state index is 12.4. The van der Waals surface area contributed by atoms with E-state index in [9.17, 15) is 25.5 Å². The lowest BCUT2D eigenvalue weighted by Crippen LogP contribution is -2.33. The Hall–Kier alpha value is -1.48. The van der Waals surface area contributed by atoms with E-state index in [2.05, 4.69) is 0 Å². The SMILES string of the molecule is O=C1c2ccccc2S(=O)(=O)N1CCS(=O)(=O)F. The Kier molecular flexibility index (Phi) is 2.90. The molecule has 0 unspecified atom stereocenters. The van der Waals surface area contributed by atoms with Gasteiger partial charge in [0.1, 0.15) is 4.90 Å². The fourth-order valence-electron chi connectivity index (χ4n) is 1.64. The molecular weight excluding hydrogens is 285 g/mol. The minimum Gasteiger partial charge on any atom is -0.268 e. The molecule has 18 heavy (non-hydrogen) atoms. The summed E-state index contributed by atoms with van der Waals surface area (Å²) < 4.78 is 57.3. The Labute approximate surface area is 103 Å². The van der Waals surface area contributed by atoms with Crippen LogP contribution in [0.5, 0.6) is 0 Å². The lowest BCUT2D eigenvalue weighted by atomic mass is 10.2. The zero-order valence-corrected chi connectivity index (χ0v) is 10.5. The van der Waals surface area contributed by atoms with E-state index in [0.717, 1.165) is 0 Å². The minimum absolute atomic E-state index is 0.0336. The van der Waals surface area contributed by atoms with Crippen LogP contribution in [0.1, 0.15) is 10.4 Å². The van der Waals surface area contributed by atoms with Crippen molar-refractivity contribution >= 4 is 26.2 Å². The van der Waals surface area contributed by atoms with Crippen LogP contribution in [-0.2, 0) is 20.2 Å². The van der Waals surface area contributed by atoms with Crippen LogP contribution in [0.4, 0.5) is 3.89 Å². The van der Waals surface area contributed by atoms with Crippen molar-refractivity contribution in [3.8, 4) is 0 Å². The van der Waals surface area contributed by atoms with Crippen LogP contribution >= 0.6 is 0 Å². The molecule has 98 valence electrons. The summed E-state index contributed by atoms with van der Waals surface area (Å²) in [7, 11) is -8.90. The molecule has 0 spiro atoms. The molecular formula is C9H8FNO5S2. The number of amides is 1. The molecule has 1 heterocycles. The number of hydrogen-bond acceptors (Lipinski definition) is 5. The topological polar surface area (TPSA) is 88.6 Å². The van der Waals surface area contributed by atoms with Crippen molar-refractivity contribution in [1.82, 2.24) is 4.31 Å². The molecule has 1 aliphatic heterocycles. The second-order valence-corrected chi connectivity index (χ2v) is 6.94. The largest absolute Gasteiger partial charge is 0.304 e. The lowest BCUT2D eigenvalue weighted by molar-refractivity contribution is 0.0876. The summed E-state index contributed by atoms with van der Waals surface area (Å²) in [4.78, 5) is 11.6. The van der Waals surface area contributed by atoms with Gasteiger partial charge in [-0.3, -0.25) is 4.79 Å². The first-order valence-electron chi connectivity index (χ1n) is 4.82. The maximum atomic E-state index is 12.4. The van der Waals surface area contributed by atoms with Gasteiger partial charge in [0.25, 0.3) is 15.9 Å². The summed E-state index contributed by atoms with van der Waals surface area (Å²) in [5.41, 5.74) is -0.0336. The third kappa shape index (κ3) is 2.10. The molecule has 9 heteroatoms. The average molecular weight is 293 g/mol. The van der Waals surface area contributed by atoms with E-state index in [1.165, 1.54) is 24.3 Å². The molecule has 1 aromatic carbocycles. The highest BCUT2D eigenvalue weighted by Gasteiger charge is 2.41. The smallest absolute Gasteiger partial charge is 0.268 e. The maximum Gasteiger partial charge on any atom is 0.304 e. The zero-order valence-electron chi connectivity index (χ0n) is 8.91. The number of fused-ring (bicyclic) bond motifs is 1. The number of hydrogen-bond donors (Lipinski definition) is 0. The van der Waals surface area contributed by atoms with Gasteiger partial charge in [0, 0.05) is 0 Å². The van der Waals surface area contributed by atoms with Crippen LogP contribution in [0.3, 0.4) is 0 Å². The Morgan fingerprint density at radius 2 is 1.83 bits per heavy atom. The number of benzene rings is 1. The first-order chi connectivity index (χ1) is 8.23. The summed E-state index contributed by atoms with van der Waals surface area (Å²) in [6.07, 6.45) is 0. The van der Waals surface area contributed by atoms with Gasteiger partial charge in [0.05, 0.1) is 17.9 Å². The van der Waals surface area contributed by atoms with Crippen molar-refractivity contribution in [3.63, 3.8) is 0 Å². The van der Waals surface area contributed by atoms with Crippen LogP contribution in [0.25, 0.3) is 0 Å². The highest BCUT2D eigenvalue weighted by atomic mass is 32.3. The molecule has 0 N–H and O–H groups in total. The third-order valence-electron chi connectivity index (χ3n) is 2.45. The quantitative estimate of drug-likeness (QED) is 0.739. The van der Waals surface area contributed by atoms with E-state index in [1.807, 2.05) is 0 Å². The van der Waals surface area contributed by atoms with Gasteiger partial charge in [-0.05, 0) is 12.1 Å². The van der Waals surface area contributed by atoms with Gasteiger partial charge in [-0.1, -0.05) is 12.1 Å². The molecule has 0 aliphatic carbocycles. The number of rotatable bonds is 3. The Bertz CT molecular complexity index is 710. The minimum atomic E-state index is -4.83. The molecule has 0 fully saturated rings. The molecule has 0 aromatic heterocycles. The number of carbonyl (C=O) groups excluding carboxylic acids is 1. The fraction of sp³-hybridized carbons (Fsp3) is 0.222. The highest BCUT2D eigenvalue weighted by molar-refractivity contribution is 7.90. The van der Waals surface area contributed by atoms with Crippen LogP contribution in [0, 0.1) is 0 Å². The van der Waals surface area contributed by atoms with Crippen molar-refractivity contribution in [2.45, 2.75) is 4.90 Å². The molecule has 1 amide bonds. The molecule has 1 aliphatic rings. The summed E-state index contributed by atoms with van der Waals surface area (Å²) in [5, 5.41) is 0.